The van der Waals surface area contributed by atoms with Crippen LogP contribution in [-0.4, -0.2) is 59.9 Å². The monoisotopic (exact) mass is 343 g/mol. The van der Waals surface area contributed by atoms with Gasteiger partial charge in [0.2, 0.25) is 10.0 Å². The molecule has 2 fully saturated rings. The summed E-state index contributed by atoms with van der Waals surface area (Å²) in [5.74, 6) is -0.965. The molecule has 3 rings (SSSR count). The van der Waals surface area contributed by atoms with E-state index in [1.165, 1.54) is 10.5 Å². The van der Waals surface area contributed by atoms with Crippen LogP contribution in [0.25, 0.3) is 0 Å². The lowest BCUT2D eigenvalue weighted by molar-refractivity contribution is -0.146. The fourth-order valence-corrected chi connectivity index (χ4v) is 4.56. The number of hydrogen-bond donors (Lipinski definition) is 1. The van der Waals surface area contributed by atoms with Crippen molar-refractivity contribution in [2.24, 2.45) is 5.41 Å². The van der Waals surface area contributed by atoms with Crippen LogP contribution < -0.4 is 0 Å². The molecule has 23 heavy (non-hydrogen) atoms. The number of carbonyl (C=O) groups is 1. The molecule has 1 aromatic heterocycles. The van der Waals surface area contributed by atoms with Crippen LogP contribution in [0.3, 0.4) is 0 Å². The van der Waals surface area contributed by atoms with Crippen molar-refractivity contribution in [3.05, 3.63) is 12.4 Å². The van der Waals surface area contributed by atoms with E-state index in [0.717, 1.165) is 12.8 Å². The number of ether oxygens (including phenoxy) is 1. The van der Waals surface area contributed by atoms with Gasteiger partial charge in [0.25, 0.3) is 0 Å². The fourth-order valence-electron chi connectivity index (χ4n) is 3.05. The van der Waals surface area contributed by atoms with Gasteiger partial charge in [-0.15, -0.1) is 0 Å². The maximum absolute atomic E-state index is 12.7. The highest BCUT2D eigenvalue weighted by Crippen LogP contribution is 2.34. The summed E-state index contributed by atoms with van der Waals surface area (Å²) in [4.78, 5) is 11.4. The maximum Gasteiger partial charge on any atom is 0.310 e. The Kier molecular flexibility index (Phi) is 4.19. The van der Waals surface area contributed by atoms with Gasteiger partial charge in [-0.25, -0.2) is 8.42 Å². The van der Waals surface area contributed by atoms with Crippen molar-refractivity contribution in [2.45, 2.75) is 37.1 Å². The lowest BCUT2D eigenvalue weighted by Crippen LogP contribution is -2.34. The van der Waals surface area contributed by atoms with Crippen molar-refractivity contribution >= 4 is 16.0 Å². The van der Waals surface area contributed by atoms with Crippen LogP contribution in [0.4, 0.5) is 0 Å². The van der Waals surface area contributed by atoms with E-state index in [4.69, 9.17) is 4.74 Å². The molecule has 1 atom stereocenters. The summed E-state index contributed by atoms with van der Waals surface area (Å²) >= 11 is 0. The summed E-state index contributed by atoms with van der Waals surface area (Å²) in [5, 5.41) is 13.4. The molecule has 9 heteroatoms. The zero-order valence-corrected chi connectivity index (χ0v) is 13.8. The number of aromatic nitrogens is 2. The number of aliphatic carboxylic acids is 1. The van der Waals surface area contributed by atoms with E-state index in [1.54, 1.807) is 17.8 Å². The number of hydrogen-bond acceptors (Lipinski definition) is 5. The summed E-state index contributed by atoms with van der Waals surface area (Å²) in [6.45, 7) is 3.09. The van der Waals surface area contributed by atoms with Crippen LogP contribution >= 0.6 is 0 Å². The van der Waals surface area contributed by atoms with Gasteiger partial charge < -0.3 is 9.84 Å². The summed E-state index contributed by atoms with van der Waals surface area (Å²) in [6, 6.07) is 0.149. The molecule has 0 radical (unpaired) electrons. The predicted molar refractivity (Wildman–Crippen MR) is 80.4 cm³/mol. The second-order valence-electron chi connectivity index (χ2n) is 6.45. The molecular weight excluding hydrogens is 322 g/mol. The van der Waals surface area contributed by atoms with Crippen molar-refractivity contribution in [1.29, 1.82) is 0 Å². The van der Waals surface area contributed by atoms with Crippen molar-refractivity contribution in [1.82, 2.24) is 14.1 Å². The summed E-state index contributed by atoms with van der Waals surface area (Å²) in [6.07, 6.45) is 4.82. The minimum absolute atomic E-state index is 0.00683. The van der Waals surface area contributed by atoms with E-state index in [-0.39, 0.29) is 24.0 Å². The topological polar surface area (TPSA) is 102 Å². The molecule has 2 aliphatic rings. The van der Waals surface area contributed by atoms with Crippen LogP contribution in [0.5, 0.6) is 0 Å². The Labute approximate surface area is 135 Å². The van der Waals surface area contributed by atoms with Gasteiger partial charge in [0, 0.05) is 32.5 Å². The first-order valence-electron chi connectivity index (χ1n) is 7.68. The number of carboxylic acid groups (broad SMARTS) is 1. The molecule has 0 bridgehead atoms. The number of rotatable bonds is 4. The van der Waals surface area contributed by atoms with E-state index in [2.05, 4.69) is 5.10 Å². The molecular formula is C14H21N3O5S. The Morgan fingerprint density at radius 1 is 1.43 bits per heavy atom. The third-order valence-electron chi connectivity index (χ3n) is 4.74. The number of sulfonamides is 1. The molecule has 1 N–H and O–H groups in total. The van der Waals surface area contributed by atoms with Crippen molar-refractivity contribution in [3.8, 4) is 0 Å². The van der Waals surface area contributed by atoms with Gasteiger partial charge in [0.05, 0.1) is 17.7 Å². The van der Waals surface area contributed by atoms with E-state index in [0.29, 0.717) is 19.6 Å². The third-order valence-corrected chi connectivity index (χ3v) is 6.53. The highest BCUT2D eigenvalue weighted by atomic mass is 32.2. The van der Waals surface area contributed by atoms with Crippen LogP contribution in [0.2, 0.25) is 0 Å². The van der Waals surface area contributed by atoms with Crippen LogP contribution in [0, 0.1) is 5.41 Å². The van der Waals surface area contributed by atoms with Gasteiger partial charge in [0.1, 0.15) is 4.90 Å². The minimum atomic E-state index is -3.71. The third kappa shape index (κ3) is 3.00. The first-order valence-corrected chi connectivity index (χ1v) is 9.12. The molecule has 8 nitrogen and oxygen atoms in total. The van der Waals surface area contributed by atoms with Gasteiger partial charge in [-0.2, -0.15) is 9.40 Å². The molecule has 1 unspecified atom stereocenters. The first kappa shape index (κ1) is 16.4. The largest absolute Gasteiger partial charge is 0.481 e. The average molecular weight is 343 g/mol. The molecule has 0 aliphatic carbocycles. The summed E-state index contributed by atoms with van der Waals surface area (Å²) < 4.78 is 33.6. The van der Waals surface area contributed by atoms with Gasteiger partial charge in [-0.1, -0.05) is 0 Å². The molecule has 2 saturated heterocycles. The summed E-state index contributed by atoms with van der Waals surface area (Å²) in [7, 11) is -3.71. The van der Waals surface area contributed by atoms with Crippen molar-refractivity contribution in [3.63, 3.8) is 0 Å². The first-order chi connectivity index (χ1) is 10.8. The maximum atomic E-state index is 12.7. The second kappa shape index (κ2) is 5.88. The molecule has 0 amide bonds. The van der Waals surface area contributed by atoms with E-state index in [9.17, 15) is 18.3 Å². The SMILES string of the molecule is CC1(C(=O)O)CCN(S(=O)(=O)c2cnn(C3CCOCC3)c2)C1. The predicted octanol–water partition coefficient (Wildman–Crippen LogP) is 0.720. The second-order valence-corrected chi connectivity index (χ2v) is 8.39. The minimum Gasteiger partial charge on any atom is -0.481 e. The molecule has 128 valence electrons. The average Bonchev–Trinajstić information content (AvgIpc) is 3.16. The smallest absolute Gasteiger partial charge is 0.310 e. The van der Waals surface area contributed by atoms with E-state index >= 15 is 0 Å². The Bertz CT molecular complexity index is 695. The Morgan fingerprint density at radius 3 is 2.74 bits per heavy atom. The number of nitrogens with zero attached hydrogens (tertiary/aromatic N) is 3. The van der Waals surface area contributed by atoms with E-state index < -0.39 is 21.4 Å². The lowest BCUT2D eigenvalue weighted by atomic mass is 9.90. The molecule has 3 heterocycles. The zero-order chi connectivity index (χ0) is 16.7. The zero-order valence-electron chi connectivity index (χ0n) is 13.0. The Hall–Kier alpha value is -1.45. The van der Waals surface area contributed by atoms with Gasteiger partial charge in [-0.05, 0) is 26.2 Å². The van der Waals surface area contributed by atoms with Gasteiger partial charge in [0.15, 0.2) is 0 Å². The van der Waals surface area contributed by atoms with Gasteiger partial charge >= 0.3 is 5.97 Å². The number of carboxylic acids is 1. The Morgan fingerprint density at radius 2 is 2.13 bits per heavy atom. The lowest BCUT2D eigenvalue weighted by Gasteiger charge is -2.22. The molecule has 1 aromatic rings. The fraction of sp³-hybridized carbons (Fsp3) is 0.714. The van der Waals surface area contributed by atoms with Crippen molar-refractivity contribution in [2.75, 3.05) is 26.3 Å². The molecule has 0 aromatic carbocycles. The quantitative estimate of drug-likeness (QED) is 0.864. The van der Waals surface area contributed by atoms with E-state index in [1.807, 2.05) is 0 Å². The molecule has 0 saturated carbocycles. The highest BCUT2D eigenvalue weighted by Gasteiger charge is 2.45. The van der Waals surface area contributed by atoms with Crippen molar-refractivity contribution < 1.29 is 23.1 Å². The highest BCUT2D eigenvalue weighted by molar-refractivity contribution is 7.89. The molecule has 2 aliphatic heterocycles. The van der Waals surface area contributed by atoms with Crippen LogP contribution in [0.15, 0.2) is 17.3 Å². The summed E-state index contributed by atoms with van der Waals surface area (Å²) in [5.41, 5.74) is -1.02. The molecule has 0 spiro atoms. The Balaban J connectivity index is 1.78. The van der Waals surface area contributed by atoms with Gasteiger partial charge in [-0.3, -0.25) is 9.48 Å². The van der Waals surface area contributed by atoms with Crippen LogP contribution in [-0.2, 0) is 19.6 Å². The van der Waals surface area contributed by atoms with Crippen LogP contribution in [0.1, 0.15) is 32.2 Å². The standard InChI is InChI=1S/C14H21N3O5S/c1-14(13(18)19)4-5-16(10-14)23(20,21)12-8-15-17(9-12)11-2-6-22-7-3-11/h8-9,11H,2-7,10H2,1H3,(H,18,19). The normalized spacial score (nSPS) is 27.3.